The third kappa shape index (κ3) is 4.37. The van der Waals surface area contributed by atoms with Gasteiger partial charge in [-0.05, 0) is 36.4 Å². The first-order valence-corrected chi connectivity index (χ1v) is 7.55. The summed E-state index contributed by atoms with van der Waals surface area (Å²) in [5.74, 6) is 0.866. The number of anilines is 1. The van der Waals surface area contributed by atoms with Crippen LogP contribution in [0.25, 0.3) is 0 Å². The van der Waals surface area contributed by atoms with Crippen molar-refractivity contribution in [3.8, 4) is 17.6 Å². The molecule has 0 saturated carbocycles. The fourth-order valence-electron chi connectivity index (χ4n) is 2.42. The fourth-order valence-corrected chi connectivity index (χ4v) is 2.42. The van der Waals surface area contributed by atoms with E-state index in [0.29, 0.717) is 17.1 Å². The summed E-state index contributed by atoms with van der Waals surface area (Å²) in [5, 5.41) is 21.7. The Morgan fingerprint density at radius 1 is 1.15 bits per heavy atom. The van der Waals surface area contributed by atoms with Gasteiger partial charge in [0.25, 0.3) is 0 Å². The van der Waals surface area contributed by atoms with Crippen molar-refractivity contribution in [3.63, 3.8) is 0 Å². The van der Waals surface area contributed by atoms with Crippen LogP contribution in [-0.2, 0) is 6.18 Å². The van der Waals surface area contributed by atoms with Gasteiger partial charge in [-0.15, -0.1) is 0 Å². The molecule has 138 valence electrons. The van der Waals surface area contributed by atoms with Crippen LogP contribution in [-0.4, -0.2) is 25.9 Å². The number of aliphatic hydroxyl groups excluding tert-OH is 1. The molecule has 0 amide bonds. The first-order valence-electron chi connectivity index (χ1n) is 7.55. The van der Waals surface area contributed by atoms with Gasteiger partial charge in [0.15, 0.2) is 0 Å². The topological polar surface area (TPSA) is 74.5 Å². The van der Waals surface area contributed by atoms with Gasteiger partial charge in [-0.3, -0.25) is 0 Å². The van der Waals surface area contributed by atoms with Gasteiger partial charge in [-0.2, -0.15) is 18.4 Å². The SMILES string of the molecule is COc1ccc(OC)c(C(O)CNc2ccc(C#N)cc2C(F)(F)F)c1. The smallest absolute Gasteiger partial charge is 0.418 e. The second-order valence-corrected chi connectivity index (χ2v) is 5.37. The van der Waals surface area contributed by atoms with Crippen molar-refractivity contribution < 1.29 is 27.8 Å². The largest absolute Gasteiger partial charge is 0.497 e. The van der Waals surface area contributed by atoms with Crippen LogP contribution in [0.5, 0.6) is 11.5 Å². The number of alkyl halides is 3. The standard InChI is InChI=1S/C18H17F3N2O3/c1-25-12-4-6-17(26-2)13(8-12)16(24)10-23-15-5-3-11(9-22)7-14(15)18(19,20)21/h3-8,16,23-24H,10H2,1-2H3. The van der Waals surface area contributed by atoms with Crippen LogP contribution in [0.15, 0.2) is 36.4 Å². The molecule has 0 heterocycles. The molecule has 8 heteroatoms. The van der Waals surface area contributed by atoms with Crippen LogP contribution in [0.4, 0.5) is 18.9 Å². The molecule has 0 radical (unpaired) electrons. The van der Waals surface area contributed by atoms with Gasteiger partial charge in [0.2, 0.25) is 0 Å². The molecule has 0 aliphatic carbocycles. The molecule has 1 unspecified atom stereocenters. The number of rotatable bonds is 6. The number of nitriles is 1. The first kappa shape index (κ1) is 19.4. The molecule has 0 bridgehead atoms. The Hall–Kier alpha value is -2.92. The molecule has 2 N–H and O–H groups in total. The Bertz CT molecular complexity index is 816. The molecule has 5 nitrogen and oxygen atoms in total. The van der Waals surface area contributed by atoms with Crippen molar-refractivity contribution in [1.29, 1.82) is 5.26 Å². The van der Waals surface area contributed by atoms with E-state index in [9.17, 15) is 18.3 Å². The zero-order valence-corrected chi connectivity index (χ0v) is 14.1. The average molecular weight is 366 g/mol. The Morgan fingerprint density at radius 2 is 1.88 bits per heavy atom. The summed E-state index contributed by atoms with van der Waals surface area (Å²) < 4.78 is 49.8. The number of benzene rings is 2. The van der Waals surface area contributed by atoms with Crippen molar-refractivity contribution in [3.05, 3.63) is 53.1 Å². The molecule has 2 rings (SSSR count). The van der Waals surface area contributed by atoms with E-state index in [1.54, 1.807) is 24.3 Å². The average Bonchev–Trinajstić information content (AvgIpc) is 2.64. The van der Waals surface area contributed by atoms with E-state index in [-0.39, 0.29) is 17.8 Å². The summed E-state index contributed by atoms with van der Waals surface area (Å²) in [5.41, 5.74) is -0.918. The number of nitrogens with one attached hydrogen (secondary N) is 1. The maximum Gasteiger partial charge on any atom is 0.418 e. The van der Waals surface area contributed by atoms with Crippen LogP contribution in [0.2, 0.25) is 0 Å². The van der Waals surface area contributed by atoms with Gasteiger partial charge in [0, 0.05) is 17.8 Å². The van der Waals surface area contributed by atoms with Gasteiger partial charge >= 0.3 is 6.18 Å². The van der Waals surface area contributed by atoms with Crippen molar-refractivity contribution in [2.75, 3.05) is 26.1 Å². The molecule has 0 aliphatic rings. The molecule has 26 heavy (non-hydrogen) atoms. The molecule has 1 atom stereocenters. The lowest BCUT2D eigenvalue weighted by molar-refractivity contribution is -0.137. The van der Waals surface area contributed by atoms with Gasteiger partial charge in [-0.1, -0.05) is 0 Å². The highest BCUT2D eigenvalue weighted by atomic mass is 19.4. The number of halogens is 3. The predicted octanol–water partition coefficient (Wildman–Crippen LogP) is 3.74. The van der Waals surface area contributed by atoms with E-state index in [1.165, 1.54) is 20.3 Å². The van der Waals surface area contributed by atoms with Gasteiger partial charge in [0.1, 0.15) is 11.5 Å². The van der Waals surface area contributed by atoms with Gasteiger partial charge < -0.3 is 19.9 Å². The van der Waals surface area contributed by atoms with Crippen LogP contribution in [0.1, 0.15) is 22.8 Å². The van der Waals surface area contributed by atoms with Crippen LogP contribution in [0.3, 0.4) is 0 Å². The summed E-state index contributed by atoms with van der Waals surface area (Å²) in [7, 11) is 2.89. The number of hydrogen-bond acceptors (Lipinski definition) is 5. The zero-order valence-electron chi connectivity index (χ0n) is 14.1. The highest BCUT2D eigenvalue weighted by Crippen LogP contribution is 2.36. The molecular formula is C18H17F3N2O3. The van der Waals surface area contributed by atoms with E-state index in [0.717, 1.165) is 12.1 Å². The number of hydrogen-bond donors (Lipinski definition) is 2. The second-order valence-electron chi connectivity index (χ2n) is 5.37. The van der Waals surface area contributed by atoms with Crippen molar-refractivity contribution in [1.82, 2.24) is 0 Å². The normalized spacial score (nSPS) is 12.2. The maximum atomic E-state index is 13.2. The molecule has 2 aromatic rings. The third-order valence-electron chi connectivity index (χ3n) is 3.74. The summed E-state index contributed by atoms with van der Waals surface area (Å²) in [6, 6.07) is 9.67. The van der Waals surface area contributed by atoms with E-state index < -0.39 is 17.8 Å². The molecule has 0 saturated heterocycles. The van der Waals surface area contributed by atoms with E-state index >= 15 is 0 Å². The molecule has 0 spiro atoms. The van der Waals surface area contributed by atoms with E-state index in [1.807, 2.05) is 0 Å². The first-order chi connectivity index (χ1) is 12.3. The van der Waals surface area contributed by atoms with Crippen molar-refractivity contribution >= 4 is 5.69 Å². The lowest BCUT2D eigenvalue weighted by atomic mass is 10.1. The quantitative estimate of drug-likeness (QED) is 0.815. The van der Waals surface area contributed by atoms with Crippen LogP contribution in [0, 0.1) is 11.3 Å². The number of nitrogens with zero attached hydrogens (tertiary/aromatic N) is 1. The van der Waals surface area contributed by atoms with Gasteiger partial charge in [0.05, 0.1) is 37.5 Å². The summed E-state index contributed by atoms with van der Waals surface area (Å²) in [6.45, 7) is -0.196. The number of ether oxygens (including phenoxy) is 2. The third-order valence-corrected chi connectivity index (χ3v) is 3.74. The van der Waals surface area contributed by atoms with Crippen LogP contribution < -0.4 is 14.8 Å². The molecule has 0 aromatic heterocycles. The van der Waals surface area contributed by atoms with Crippen molar-refractivity contribution in [2.45, 2.75) is 12.3 Å². The molecule has 0 fully saturated rings. The minimum Gasteiger partial charge on any atom is -0.497 e. The van der Waals surface area contributed by atoms with E-state index in [2.05, 4.69) is 5.32 Å². The number of aliphatic hydroxyl groups is 1. The fraction of sp³-hybridized carbons (Fsp3) is 0.278. The zero-order chi connectivity index (χ0) is 19.3. The molecule has 0 aliphatic heterocycles. The Balaban J connectivity index is 2.25. The minimum absolute atomic E-state index is 0.0992. The Morgan fingerprint density at radius 3 is 2.46 bits per heavy atom. The lowest BCUT2D eigenvalue weighted by Gasteiger charge is -2.19. The lowest BCUT2D eigenvalue weighted by Crippen LogP contribution is -2.17. The number of methoxy groups -OCH3 is 2. The van der Waals surface area contributed by atoms with E-state index in [4.69, 9.17) is 14.7 Å². The Kier molecular flexibility index (Phi) is 5.95. The van der Waals surface area contributed by atoms with Gasteiger partial charge in [-0.25, -0.2) is 0 Å². The predicted molar refractivity (Wildman–Crippen MR) is 89.2 cm³/mol. The summed E-state index contributed by atoms with van der Waals surface area (Å²) in [4.78, 5) is 0. The highest BCUT2D eigenvalue weighted by molar-refractivity contribution is 5.56. The monoisotopic (exact) mass is 366 g/mol. The summed E-state index contributed by atoms with van der Waals surface area (Å²) in [6.07, 6.45) is -5.77. The molecule has 2 aromatic carbocycles. The maximum absolute atomic E-state index is 13.2. The molecular weight excluding hydrogens is 349 g/mol. The van der Waals surface area contributed by atoms with Crippen molar-refractivity contribution in [2.24, 2.45) is 0 Å². The summed E-state index contributed by atoms with van der Waals surface area (Å²) >= 11 is 0. The highest BCUT2D eigenvalue weighted by Gasteiger charge is 2.34. The Labute approximate surface area is 148 Å². The van der Waals surface area contributed by atoms with Crippen LogP contribution >= 0.6 is 0 Å². The second kappa shape index (κ2) is 7.97. The minimum atomic E-state index is -4.63.